The van der Waals surface area contributed by atoms with Gasteiger partial charge in [-0.2, -0.15) is 0 Å². The van der Waals surface area contributed by atoms with Crippen LogP contribution in [0.3, 0.4) is 0 Å². The van der Waals surface area contributed by atoms with Crippen LogP contribution >= 0.6 is 11.8 Å². The third-order valence-electron chi connectivity index (χ3n) is 3.60. The minimum Gasteiger partial charge on any atom is -0.353 e. The summed E-state index contributed by atoms with van der Waals surface area (Å²) in [5.41, 5.74) is 3.40. The van der Waals surface area contributed by atoms with Gasteiger partial charge in [-0.25, -0.2) is 4.98 Å². The Morgan fingerprint density at radius 2 is 2.10 bits per heavy atom. The standard InChI is InChI=1S/C17H22N2OS/c1-5-13(4)18-15(20)10-21-16-9-12(3)14-8-6-7-11(2)17(14)19-16/h6-9,13H,5,10H2,1-4H3,(H,18,20). The van der Waals surface area contributed by atoms with Gasteiger partial charge in [-0.3, -0.25) is 4.79 Å². The molecule has 1 atom stereocenters. The van der Waals surface area contributed by atoms with Crippen LogP contribution in [0, 0.1) is 13.8 Å². The predicted molar refractivity (Wildman–Crippen MR) is 89.8 cm³/mol. The number of pyridine rings is 1. The number of nitrogens with one attached hydrogen (secondary N) is 1. The van der Waals surface area contributed by atoms with E-state index in [2.05, 4.69) is 55.3 Å². The van der Waals surface area contributed by atoms with E-state index in [1.54, 1.807) is 0 Å². The van der Waals surface area contributed by atoms with Gasteiger partial charge in [-0.05, 0) is 44.4 Å². The van der Waals surface area contributed by atoms with E-state index in [0.717, 1.165) is 17.0 Å². The molecule has 1 amide bonds. The highest BCUT2D eigenvalue weighted by Crippen LogP contribution is 2.25. The SMILES string of the molecule is CCC(C)NC(=O)CSc1cc(C)c2cccc(C)c2n1. The Kier molecular flexibility index (Phi) is 5.23. The molecule has 0 aliphatic heterocycles. The number of rotatable bonds is 5. The van der Waals surface area contributed by atoms with Crippen molar-refractivity contribution in [2.24, 2.45) is 0 Å². The zero-order valence-corrected chi connectivity index (χ0v) is 13.9. The molecule has 1 heterocycles. The average molecular weight is 302 g/mol. The number of aromatic nitrogens is 1. The van der Waals surface area contributed by atoms with Crippen LogP contribution in [0.5, 0.6) is 0 Å². The minimum atomic E-state index is 0.0682. The van der Waals surface area contributed by atoms with Gasteiger partial charge in [-0.1, -0.05) is 36.9 Å². The molecule has 0 saturated carbocycles. The van der Waals surface area contributed by atoms with Gasteiger partial charge in [0.15, 0.2) is 0 Å². The largest absolute Gasteiger partial charge is 0.353 e. The van der Waals surface area contributed by atoms with E-state index in [-0.39, 0.29) is 11.9 Å². The van der Waals surface area contributed by atoms with Crippen molar-refractivity contribution in [1.29, 1.82) is 0 Å². The zero-order chi connectivity index (χ0) is 15.4. The molecule has 3 nitrogen and oxygen atoms in total. The highest BCUT2D eigenvalue weighted by atomic mass is 32.2. The van der Waals surface area contributed by atoms with E-state index in [4.69, 9.17) is 0 Å². The molecule has 4 heteroatoms. The molecule has 1 aromatic carbocycles. The van der Waals surface area contributed by atoms with E-state index < -0.39 is 0 Å². The molecule has 1 aromatic heterocycles. The van der Waals surface area contributed by atoms with E-state index in [1.165, 1.54) is 28.3 Å². The van der Waals surface area contributed by atoms with Crippen LogP contribution in [0.15, 0.2) is 29.3 Å². The molecule has 0 saturated heterocycles. The molecule has 1 unspecified atom stereocenters. The van der Waals surface area contributed by atoms with Crippen LogP contribution in [-0.4, -0.2) is 22.7 Å². The highest BCUT2D eigenvalue weighted by molar-refractivity contribution is 7.99. The monoisotopic (exact) mass is 302 g/mol. The smallest absolute Gasteiger partial charge is 0.230 e. The third-order valence-corrected chi connectivity index (χ3v) is 4.51. The molecule has 1 N–H and O–H groups in total. The summed E-state index contributed by atoms with van der Waals surface area (Å²) in [4.78, 5) is 16.5. The number of benzene rings is 1. The van der Waals surface area contributed by atoms with Crippen molar-refractivity contribution in [2.45, 2.75) is 45.2 Å². The Balaban J connectivity index is 2.13. The second kappa shape index (κ2) is 6.94. The number of nitrogens with zero attached hydrogens (tertiary/aromatic N) is 1. The Labute approximate surface area is 130 Å². The molecule has 2 rings (SSSR count). The first-order valence-electron chi connectivity index (χ1n) is 7.30. The molecular formula is C17H22N2OS. The lowest BCUT2D eigenvalue weighted by atomic mass is 10.1. The summed E-state index contributed by atoms with van der Waals surface area (Å²) in [6, 6.07) is 8.50. The van der Waals surface area contributed by atoms with Gasteiger partial charge in [0.2, 0.25) is 5.91 Å². The zero-order valence-electron chi connectivity index (χ0n) is 13.1. The Morgan fingerprint density at radius 1 is 1.33 bits per heavy atom. The molecule has 112 valence electrons. The summed E-state index contributed by atoms with van der Waals surface area (Å²) in [6.45, 7) is 8.24. The lowest BCUT2D eigenvalue weighted by molar-refractivity contribution is -0.119. The van der Waals surface area contributed by atoms with Gasteiger partial charge in [0.05, 0.1) is 16.3 Å². The number of carbonyl (C=O) groups excluding carboxylic acids is 1. The summed E-state index contributed by atoms with van der Waals surface area (Å²) in [6.07, 6.45) is 0.947. The maximum atomic E-state index is 11.8. The molecular weight excluding hydrogens is 280 g/mol. The first-order valence-corrected chi connectivity index (χ1v) is 8.29. The second-order valence-corrected chi connectivity index (χ2v) is 6.41. The Hall–Kier alpha value is -1.55. The molecule has 0 aliphatic rings. The fourth-order valence-electron chi connectivity index (χ4n) is 2.16. The van der Waals surface area contributed by atoms with Crippen LogP contribution in [0.2, 0.25) is 0 Å². The number of carbonyl (C=O) groups is 1. The van der Waals surface area contributed by atoms with Crippen molar-refractivity contribution in [2.75, 3.05) is 5.75 Å². The average Bonchev–Trinajstić information content (AvgIpc) is 2.46. The molecule has 2 aromatic rings. The maximum absolute atomic E-state index is 11.8. The minimum absolute atomic E-state index is 0.0682. The van der Waals surface area contributed by atoms with Gasteiger partial charge in [0.1, 0.15) is 0 Å². The second-order valence-electron chi connectivity index (χ2n) is 5.41. The van der Waals surface area contributed by atoms with E-state index in [0.29, 0.717) is 5.75 Å². The van der Waals surface area contributed by atoms with Gasteiger partial charge >= 0.3 is 0 Å². The topological polar surface area (TPSA) is 42.0 Å². The summed E-state index contributed by atoms with van der Waals surface area (Å²) in [5.74, 6) is 0.479. The Morgan fingerprint density at radius 3 is 2.81 bits per heavy atom. The lowest BCUT2D eigenvalue weighted by Gasteiger charge is -2.11. The summed E-state index contributed by atoms with van der Waals surface area (Å²) < 4.78 is 0. The highest BCUT2D eigenvalue weighted by Gasteiger charge is 2.09. The fourth-order valence-corrected chi connectivity index (χ4v) is 2.94. The molecule has 0 fully saturated rings. The summed E-state index contributed by atoms with van der Waals surface area (Å²) in [5, 5.41) is 5.07. The van der Waals surface area contributed by atoms with Gasteiger partial charge in [0, 0.05) is 11.4 Å². The summed E-state index contributed by atoms with van der Waals surface area (Å²) in [7, 11) is 0. The van der Waals surface area contributed by atoms with Crippen molar-refractivity contribution >= 4 is 28.6 Å². The van der Waals surface area contributed by atoms with E-state index in [9.17, 15) is 4.79 Å². The summed E-state index contributed by atoms with van der Waals surface area (Å²) >= 11 is 1.50. The first kappa shape index (κ1) is 15.8. The van der Waals surface area contributed by atoms with E-state index >= 15 is 0 Å². The Bertz CT molecular complexity index is 655. The molecule has 0 aliphatic carbocycles. The van der Waals surface area contributed by atoms with Gasteiger partial charge < -0.3 is 5.32 Å². The van der Waals surface area contributed by atoms with Crippen LogP contribution in [0.25, 0.3) is 10.9 Å². The lowest BCUT2D eigenvalue weighted by Crippen LogP contribution is -2.33. The van der Waals surface area contributed by atoms with Crippen LogP contribution < -0.4 is 5.32 Å². The third kappa shape index (κ3) is 3.97. The van der Waals surface area contributed by atoms with Crippen molar-refractivity contribution in [3.8, 4) is 0 Å². The van der Waals surface area contributed by atoms with Crippen molar-refractivity contribution < 1.29 is 4.79 Å². The predicted octanol–water partition coefficient (Wildman–Crippen LogP) is 3.86. The number of thioether (sulfide) groups is 1. The number of aryl methyl sites for hydroxylation is 2. The molecule has 0 bridgehead atoms. The normalized spacial score (nSPS) is 12.4. The molecule has 0 spiro atoms. The van der Waals surface area contributed by atoms with Gasteiger partial charge in [0.25, 0.3) is 0 Å². The first-order chi connectivity index (χ1) is 10.0. The number of amides is 1. The maximum Gasteiger partial charge on any atom is 0.230 e. The number of fused-ring (bicyclic) bond motifs is 1. The fraction of sp³-hybridized carbons (Fsp3) is 0.412. The molecule has 21 heavy (non-hydrogen) atoms. The van der Waals surface area contributed by atoms with Crippen LogP contribution in [0.4, 0.5) is 0 Å². The van der Waals surface area contributed by atoms with Crippen molar-refractivity contribution in [3.05, 3.63) is 35.4 Å². The van der Waals surface area contributed by atoms with Gasteiger partial charge in [-0.15, -0.1) is 0 Å². The van der Waals surface area contributed by atoms with E-state index in [1.807, 2.05) is 6.92 Å². The van der Waals surface area contributed by atoms with Crippen LogP contribution in [0.1, 0.15) is 31.4 Å². The van der Waals surface area contributed by atoms with Crippen molar-refractivity contribution in [3.63, 3.8) is 0 Å². The number of hydrogen-bond donors (Lipinski definition) is 1. The van der Waals surface area contributed by atoms with Crippen LogP contribution in [-0.2, 0) is 4.79 Å². The number of para-hydroxylation sites is 1. The number of hydrogen-bond acceptors (Lipinski definition) is 3. The van der Waals surface area contributed by atoms with Crippen molar-refractivity contribution in [1.82, 2.24) is 10.3 Å². The molecule has 0 radical (unpaired) electrons. The quantitative estimate of drug-likeness (QED) is 0.853.